The number of piperazine rings is 1. The molecular formula is C12H14F2N2O2. The summed E-state index contributed by atoms with van der Waals surface area (Å²) in [5, 5.41) is 3.15. The predicted molar refractivity (Wildman–Crippen MR) is 61.8 cm³/mol. The molecule has 1 aliphatic rings. The van der Waals surface area contributed by atoms with Crippen molar-refractivity contribution in [2.75, 3.05) is 26.2 Å². The molecule has 1 N–H and O–H groups in total. The number of amides is 1. The molecule has 98 valence electrons. The zero-order chi connectivity index (χ0) is 13.0. The normalized spacial score (nSPS) is 15.8. The Balaban J connectivity index is 2.02. The van der Waals surface area contributed by atoms with Gasteiger partial charge in [0.05, 0.1) is 0 Å². The molecule has 0 unspecified atom stereocenters. The van der Waals surface area contributed by atoms with Crippen molar-refractivity contribution in [3.8, 4) is 5.75 Å². The van der Waals surface area contributed by atoms with Crippen LogP contribution >= 0.6 is 0 Å². The minimum Gasteiger partial charge on any atom is -0.435 e. The van der Waals surface area contributed by atoms with Crippen LogP contribution in [-0.4, -0.2) is 43.6 Å². The predicted octanol–water partition coefficient (Wildman–Crippen LogP) is 1.33. The highest BCUT2D eigenvalue weighted by molar-refractivity contribution is 5.94. The van der Waals surface area contributed by atoms with E-state index in [1.807, 2.05) is 0 Å². The number of benzene rings is 1. The van der Waals surface area contributed by atoms with Gasteiger partial charge in [-0.05, 0) is 24.3 Å². The average molecular weight is 256 g/mol. The third-order valence-electron chi connectivity index (χ3n) is 2.73. The van der Waals surface area contributed by atoms with Crippen LogP contribution < -0.4 is 10.1 Å². The van der Waals surface area contributed by atoms with E-state index in [0.29, 0.717) is 18.7 Å². The first-order valence-electron chi connectivity index (χ1n) is 5.71. The van der Waals surface area contributed by atoms with Gasteiger partial charge in [-0.15, -0.1) is 0 Å². The van der Waals surface area contributed by atoms with Gasteiger partial charge in [-0.1, -0.05) is 0 Å². The minimum absolute atomic E-state index is 0.0573. The van der Waals surface area contributed by atoms with Crippen molar-refractivity contribution in [3.63, 3.8) is 0 Å². The van der Waals surface area contributed by atoms with Gasteiger partial charge in [0.2, 0.25) is 0 Å². The number of nitrogens with one attached hydrogen (secondary N) is 1. The molecule has 0 spiro atoms. The Hall–Kier alpha value is -1.69. The first kappa shape index (κ1) is 12.8. The quantitative estimate of drug-likeness (QED) is 0.887. The Bertz CT molecular complexity index is 403. The lowest BCUT2D eigenvalue weighted by atomic mass is 10.2. The lowest BCUT2D eigenvalue weighted by Gasteiger charge is -2.27. The largest absolute Gasteiger partial charge is 0.435 e. The van der Waals surface area contributed by atoms with Gasteiger partial charge in [0.1, 0.15) is 5.75 Å². The van der Waals surface area contributed by atoms with Gasteiger partial charge in [0.25, 0.3) is 5.91 Å². The molecule has 1 aliphatic heterocycles. The molecule has 4 nitrogen and oxygen atoms in total. The van der Waals surface area contributed by atoms with Crippen molar-refractivity contribution in [2.45, 2.75) is 6.61 Å². The van der Waals surface area contributed by atoms with Crippen LogP contribution in [0.1, 0.15) is 10.4 Å². The number of alkyl halides is 2. The van der Waals surface area contributed by atoms with Crippen molar-refractivity contribution >= 4 is 5.91 Å². The SMILES string of the molecule is O=C(c1ccc(OC(F)F)cc1)N1CCNCC1. The Labute approximate surface area is 104 Å². The number of hydrogen-bond acceptors (Lipinski definition) is 3. The maximum atomic E-state index is 12.0. The van der Waals surface area contributed by atoms with Crippen LogP contribution in [0.2, 0.25) is 0 Å². The maximum Gasteiger partial charge on any atom is 0.387 e. The van der Waals surface area contributed by atoms with Gasteiger partial charge in [0, 0.05) is 31.7 Å². The fourth-order valence-corrected chi connectivity index (χ4v) is 1.83. The van der Waals surface area contributed by atoms with Crippen molar-refractivity contribution in [3.05, 3.63) is 29.8 Å². The van der Waals surface area contributed by atoms with E-state index >= 15 is 0 Å². The standard InChI is InChI=1S/C12H14F2N2O2/c13-12(14)18-10-3-1-9(2-4-10)11(17)16-7-5-15-6-8-16/h1-4,12,15H,5-8H2. The van der Waals surface area contributed by atoms with E-state index in [4.69, 9.17) is 0 Å². The number of rotatable bonds is 3. The van der Waals surface area contributed by atoms with E-state index in [9.17, 15) is 13.6 Å². The van der Waals surface area contributed by atoms with Crippen molar-refractivity contribution in [1.29, 1.82) is 0 Å². The highest BCUT2D eigenvalue weighted by Crippen LogP contribution is 2.16. The van der Waals surface area contributed by atoms with Gasteiger partial charge >= 0.3 is 6.61 Å². The van der Waals surface area contributed by atoms with E-state index in [2.05, 4.69) is 10.1 Å². The van der Waals surface area contributed by atoms with Crippen LogP contribution in [0.25, 0.3) is 0 Å². The lowest BCUT2D eigenvalue weighted by molar-refractivity contribution is -0.0498. The van der Waals surface area contributed by atoms with Crippen molar-refractivity contribution in [2.24, 2.45) is 0 Å². The number of halogens is 2. The number of nitrogens with zero attached hydrogens (tertiary/aromatic N) is 1. The van der Waals surface area contributed by atoms with E-state index in [1.54, 1.807) is 4.90 Å². The topological polar surface area (TPSA) is 41.6 Å². The molecule has 1 aromatic carbocycles. The molecule has 1 aromatic rings. The zero-order valence-electron chi connectivity index (χ0n) is 9.73. The summed E-state index contributed by atoms with van der Waals surface area (Å²) in [5.41, 5.74) is 0.485. The summed E-state index contributed by atoms with van der Waals surface area (Å²) in [6, 6.07) is 5.76. The summed E-state index contributed by atoms with van der Waals surface area (Å²) in [4.78, 5) is 13.8. The Kier molecular flexibility index (Phi) is 4.09. The fourth-order valence-electron chi connectivity index (χ4n) is 1.83. The third-order valence-corrected chi connectivity index (χ3v) is 2.73. The molecule has 1 amide bonds. The van der Waals surface area contributed by atoms with Crippen molar-refractivity contribution < 1.29 is 18.3 Å². The number of hydrogen-bond donors (Lipinski definition) is 1. The van der Waals surface area contributed by atoms with Gasteiger partial charge in [-0.2, -0.15) is 8.78 Å². The second-order valence-electron chi connectivity index (χ2n) is 3.95. The molecule has 0 aliphatic carbocycles. The number of carbonyl (C=O) groups excluding carboxylic acids is 1. The molecule has 1 fully saturated rings. The lowest BCUT2D eigenvalue weighted by Crippen LogP contribution is -2.46. The number of ether oxygens (including phenoxy) is 1. The molecule has 0 saturated carbocycles. The van der Waals surface area contributed by atoms with Gasteiger partial charge in [-0.3, -0.25) is 4.79 Å². The molecule has 2 rings (SSSR count). The summed E-state index contributed by atoms with van der Waals surface area (Å²) in [6.07, 6.45) is 0. The third kappa shape index (κ3) is 3.16. The highest BCUT2D eigenvalue weighted by Gasteiger charge is 2.17. The van der Waals surface area contributed by atoms with Gasteiger partial charge in [0.15, 0.2) is 0 Å². The molecule has 0 bridgehead atoms. The average Bonchev–Trinajstić information content (AvgIpc) is 2.39. The summed E-state index contributed by atoms with van der Waals surface area (Å²) in [7, 11) is 0. The van der Waals surface area contributed by atoms with E-state index in [1.165, 1.54) is 24.3 Å². The van der Waals surface area contributed by atoms with Crippen LogP contribution in [-0.2, 0) is 0 Å². The maximum absolute atomic E-state index is 12.0. The first-order chi connectivity index (χ1) is 8.66. The van der Waals surface area contributed by atoms with Crippen LogP contribution in [0.4, 0.5) is 8.78 Å². The summed E-state index contributed by atoms with van der Waals surface area (Å²) >= 11 is 0. The Morgan fingerprint density at radius 3 is 2.39 bits per heavy atom. The molecule has 1 heterocycles. The summed E-state index contributed by atoms with van der Waals surface area (Å²) in [5.74, 6) is -0.0260. The molecule has 18 heavy (non-hydrogen) atoms. The summed E-state index contributed by atoms with van der Waals surface area (Å²) < 4.78 is 28.2. The van der Waals surface area contributed by atoms with Crippen LogP contribution in [0.3, 0.4) is 0 Å². The molecular weight excluding hydrogens is 242 g/mol. The first-order valence-corrected chi connectivity index (χ1v) is 5.71. The molecule has 6 heteroatoms. The Morgan fingerprint density at radius 1 is 1.22 bits per heavy atom. The zero-order valence-corrected chi connectivity index (χ0v) is 9.73. The van der Waals surface area contributed by atoms with E-state index < -0.39 is 6.61 Å². The number of carbonyl (C=O) groups is 1. The highest BCUT2D eigenvalue weighted by atomic mass is 19.3. The Morgan fingerprint density at radius 2 is 1.83 bits per heavy atom. The molecule has 1 saturated heterocycles. The van der Waals surface area contributed by atoms with Crippen LogP contribution in [0, 0.1) is 0 Å². The molecule has 0 aromatic heterocycles. The second kappa shape index (κ2) is 5.77. The van der Waals surface area contributed by atoms with E-state index in [0.717, 1.165) is 13.1 Å². The fraction of sp³-hybridized carbons (Fsp3) is 0.417. The van der Waals surface area contributed by atoms with Crippen molar-refractivity contribution in [1.82, 2.24) is 10.2 Å². The van der Waals surface area contributed by atoms with Gasteiger partial charge in [-0.25, -0.2) is 0 Å². The minimum atomic E-state index is -2.85. The molecule has 0 radical (unpaired) electrons. The smallest absolute Gasteiger partial charge is 0.387 e. The molecule has 0 atom stereocenters. The van der Waals surface area contributed by atoms with E-state index in [-0.39, 0.29) is 11.7 Å². The monoisotopic (exact) mass is 256 g/mol. The second-order valence-corrected chi connectivity index (χ2v) is 3.95. The van der Waals surface area contributed by atoms with Gasteiger partial charge < -0.3 is 15.0 Å². The summed E-state index contributed by atoms with van der Waals surface area (Å²) in [6.45, 7) is 0.0264. The van der Waals surface area contributed by atoms with Crippen LogP contribution in [0.15, 0.2) is 24.3 Å². The van der Waals surface area contributed by atoms with Crippen LogP contribution in [0.5, 0.6) is 5.75 Å².